The zero-order chi connectivity index (χ0) is 21.2. The van der Waals surface area contributed by atoms with Crippen LogP contribution in [0.15, 0.2) is 114 Å². The van der Waals surface area contributed by atoms with E-state index in [1.165, 1.54) is 26.5 Å². The molecule has 154 valence electrons. The van der Waals surface area contributed by atoms with Crippen molar-refractivity contribution in [2.45, 2.75) is 25.8 Å². The van der Waals surface area contributed by atoms with E-state index in [-0.39, 0.29) is 0 Å². The van der Waals surface area contributed by atoms with Crippen LogP contribution in [-0.2, 0) is 6.42 Å². The van der Waals surface area contributed by atoms with Crippen LogP contribution in [0.25, 0.3) is 5.57 Å². The highest BCUT2D eigenvalue weighted by atomic mass is 32.2. The van der Waals surface area contributed by atoms with E-state index in [4.69, 9.17) is 0 Å². The van der Waals surface area contributed by atoms with Crippen LogP contribution in [0.5, 0.6) is 0 Å². The number of thioether (sulfide) groups is 1. The van der Waals surface area contributed by atoms with Gasteiger partial charge in [0, 0.05) is 15.9 Å². The molecule has 0 saturated heterocycles. The van der Waals surface area contributed by atoms with Gasteiger partial charge in [0.1, 0.15) is 0 Å². The number of rotatable bonds is 8. The molecule has 30 heavy (non-hydrogen) atoms. The molecule has 2 aliphatic carbocycles. The molecular weight excluding hydrogens is 382 g/mol. The van der Waals surface area contributed by atoms with Gasteiger partial charge in [0.25, 0.3) is 0 Å². The Balaban J connectivity index is 1.60. The predicted octanol–water partition coefficient (Wildman–Crippen LogP) is 7.17. The molecule has 0 amide bonds. The lowest BCUT2D eigenvalue weighted by Gasteiger charge is -2.22. The molecule has 1 aromatic rings. The third-order valence-corrected chi connectivity index (χ3v) is 6.28. The van der Waals surface area contributed by atoms with Crippen molar-refractivity contribution in [2.24, 2.45) is 5.92 Å². The molecule has 3 rings (SSSR count). The number of hydrogen-bond acceptors (Lipinski definition) is 2. The summed E-state index contributed by atoms with van der Waals surface area (Å²) >= 11 is 1.78. The van der Waals surface area contributed by atoms with E-state index in [2.05, 4.69) is 110 Å². The first kappa shape index (κ1) is 22.1. The summed E-state index contributed by atoms with van der Waals surface area (Å²) < 4.78 is 0. The minimum Gasteiger partial charge on any atom is -0.313 e. The van der Waals surface area contributed by atoms with E-state index in [9.17, 15) is 0 Å². The summed E-state index contributed by atoms with van der Waals surface area (Å²) in [7, 11) is 2.02. The highest BCUT2D eigenvalue weighted by Gasteiger charge is 2.15. The van der Waals surface area contributed by atoms with Crippen molar-refractivity contribution in [2.75, 3.05) is 7.05 Å². The number of allylic oxidation sites excluding steroid dienone is 11. The maximum atomic E-state index is 3.86. The zero-order valence-electron chi connectivity index (χ0n) is 17.9. The molecule has 2 heteroatoms. The highest BCUT2D eigenvalue weighted by molar-refractivity contribution is 8.07. The smallest absolute Gasteiger partial charge is 0.0311 e. The van der Waals surface area contributed by atoms with Crippen molar-refractivity contribution in [3.63, 3.8) is 0 Å². The molecule has 0 fully saturated rings. The van der Waals surface area contributed by atoms with Crippen molar-refractivity contribution < 1.29 is 0 Å². The molecule has 0 heterocycles. The standard InChI is InChI=1S/C28H31NS/c1-4-10-26(30-27-12-7-5-6-8-13-27)14-9-11-23-15-17-24(18-16-23)25-19-20-28(29-3)22(2)21-25/h4-7,9-10,12-22,28-29H,1,8,11H2,2-3H3/b14-9-,26-10+. The van der Waals surface area contributed by atoms with Crippen LogP contribution in [0.4, 0.5) is 0 Å². The largest absolute Gasteiger partial charge is 0.313 e. The average molecular weight is 414 g/mol. The van der Waals surface area contributed by atoms with Gasteiger partial charge in [0.15, 0.2) is 0 Å². The average Bonchev–Trinajstić information content (AvgIpc) is 3.03. The minimum absolute atomic E-state index is 0.425. The van der Waals surface area contributed by atoms with E-state index >= 15 is 0 Å². The Kier molecular flexibility index (Phi) is 8.55. The fraction of sp³-hybridized carbons (Fsp3) is 0.214. The van der Waals surface area contributed by atoms with Crippen LogP contribution in [0.2, 0.25) is 0 Å². The van der Waals surface area contributed by atoms with Crippen molar-refractivity contribution in [1.29, 1.82) is 0 Å². The molecule has 2 unspecified atom stereocenters. The van der Waals surface area contributed by atoms with Gasteiger partial charge in [0.2, 0.25) is 0 Å². The quantitative estimate of drug-likeness (QED) is 0.454. The van der Waals surface area contributed by atoms with E-state index in [0.717, 1.165) is 12.8 Å². The van der Waals surface area contributed by atoms with Crippen LogP contribution >= 0.6 is 11.8 Å². The second-order valence-electron chi connectivity index (χ2n) is 7.49. The molecule has 2 atom stereocenters. The molecule has 0 aromatic heterocycles. The van der Waals surface area contributed by atoms with Crippen LogP contribution in [0.1, 0.15) is 24.5 Å². The maximum absolute atomic E-state index is 3.86. The first-order valence-corrected chi connectivity index (χ1v) is 11.4. The lowest BCUT2D eigenvalue weighted by Crippen LogP contribution is -2.30. The summed E-state index contributed by atoms with van der Waals surface area (Å²) in [5.74, 6) is 0.499. The lowest BCUT2D eigenvalue weighted by molar-refractivity contribution is 0.540. The molecule has 1 aromatic carbocycles. The summed E-state index contributed by atoms with van der Waals surface area (Å²) in [4.78, 5) is 2.47. The fourth-order valence-corrected chi connectivity index (χ4v) is 4.46. The predicted molar refractivity (Wildman–Crippen MR) is 135 cm³/mol. The van der Waals surface area contributed by atoms with Gasteiger partial charge < -0.3 is 5.32 Å². The lowest BCUT2D eigenvalue weighted by atomic mass is 9.89. The highest BCUT2D eigenvalue weighted by Crippen LogP contribution is 2.29. The van der Waals surface area contributed by atoms with Crippen molar-refractivity contribution in [1.82, 2.24) is 5.32 Å². The van der Waals surface area contributed by atoms with Crippen LogP contribution in [-0.4, -0.2) is 13.1 Å². The van der Waals surface area contributed by atoms with Gasteiger partial charge in [0.05, 0.1) is 0 Å². The van der Waals surface area contributed by atoms with Gasteiger partial charge in [-0.05, 0) is 54.7 Å². The number of nitrogens with one attached hydrogen (secondary N) is 1. The number of hydrogen-bond donors (Lipinski definition) is 1. The topological polar surface area (TPSA) is 12.0 Å². The summed E-state index contributed by atoms with van der Waals surface area (Å²) in [6.07, 6.45) is 27.9. The summed E-state index contributed by atoms with van der Waals surface area (Å²) in [5.41, 5.74) is 3.91. The molecular formula is C28H31NS. The molecule has 0 saturated carbocycles. The van der Waals surface area contributed by atoms with Crippen molar-refractivity contribution in [3.8, 4) is 0 Å². The number of likely N-dealkylation sites (N-methyl/N-ethyl adjacent to an activating group) is 1. The van der Waals surface area contributed by atoms with Gasteiger partial charge in [-0.2, -0.15) is 0 Å². The van der Waals surface area contributed by atoms with Gasteiger partial charge in [-0.3, -0.25) is 0 Å². The molecule has 2 aliphatic rings. The van der Waals surface area contributed by atoms with Crippen LogP contribution in [0, 0.1) is 5.92 Å². The Morgan fingerprint density at radius 1 is 1.20 bits per heavy atom. The molecule has 1 N–H and O–H groups in total. The second-order valence-corrected chi connectivity index (χ2v) is 8.64. The first-order chi connectivity index (χ1) is 14.7. The normalized spacial score (nSPS) is 21.5. The summed E-state index contributed by atoms with van der Waals surface area (Å²) in [5, 5.41) is 3.34. The molecule has 0 bridgehead atoms. The maximum Gasteiger partial charge on any atom is 0.0311 e. The Morgan fingerprint density at radius 2 is 2.03 bits per heavy atom. The minimum atomic E-state index is 0.425. The van der Waals surface area contributed by atoms with Crippen molar-refractivity contribution >= 4 is 17.3 Å². The molecule has 0 radical (unpaired) electrons. The van der Waals surface area contributed by atoms with Gasteiger partial charge in [-0.25, -0.2) is 0 Å². The zero-order valence-corrected chi connectivity index (χ0v) is 18.7. The first-order valence-electron chi connectivity index (χ1n) is 10.6. The van der Waals surface area contributed by atoms with Gasteiger partial charge >= 0.3 is 0 Å². The monoisotopic (exact) mass is 413 g/mol. The fourth-order valence-electron chi connectivity index (χ4n) is 3.53. The Hall–Kier alpha value is -2.55. The van der Waals surface area contributed by atoms with E-state index in [1.54, 1.807) is 11.8 Å². The van der Waals surface area contributed by atoms with Gasteiger partial charge in [-0.15, -0.1) is 0 Å². The third kappa shape index (κ3) is 6.48. The summed E-state index contributed by atoms with van der Waals surface area (Å²) in [6, 6.07) is 9.35. The van der Waals surface area contributed by atoms with E-state index < -0.39 is 0 Å². The third-order valence-electron chi connectivity index (χ3n) is 5.23. The SMILES string of the molecule is C=C/C=C(\C=C/Cc1ccc(C2=CC(C)C(NC)C=C2)cc1)SC1=CCC=CC=C1. The Bertz CT molecular complexity index is 935. The second kappa shape index (κ2) is 11.6. The van der Waals surface area contributed by atoms with Crippen molar-refractivity contribution in [3.05, 3.63) is 125 Å². The molecule has 0 aliphatic heterocycles. The Labute approximate surface area is 186 Å². The van der Waals surface area contributed by atoms with E-state index in [1.807, 2.05) is 13.1 Å². The Morgan fingerprint density at radius 3 is 2.77 bits per heavy atom. The summed E-state index contributed by atoms with van der Waals surface area (Å²) in [6.45, 7) is 6.12. The molecule has 0 spiro atoms. The van der Waals surface area contributed by atoms with Crippen LogP contribution in [0.3, 0.4) is 0 Å². The van der Waals surface area contributed by atoms with E-state index in [0.29, 0.717) is 12.0 Å². The number of benzene rings is 1. The van der Waals surface area contributed by atoms with Gasteiger partial charge in [-0.1, -0.05) is 110 Å². The molecule has 1 nitrogen and oxygen atoms in total. The van der Waals surface area contributed by atoms with Crippen LogP contribution < -0.4 is 5.32 Å².